The second-order valence-electron chi connectivity index (χ2n) is 5.18. The zero-order valence-electron chi connectivity index (χ0n) is 13.1. The van der Waals surface area contributed by atoms with Crippen LogP contribution in [0.25, 0.3) is 0 Å². The number of rotatable bonds is 7. The molecule has 0 saturated carbocycles. The Kier molecular flexibility index (Phi) is 8.70. The maximum atomic E-state index is 12.1. The van der Waals surface area contributed by atoms with E-state index in [1.165, 1.54) is 0 Å². The largest absolute Gasteiger partial charge is 0.349 e. The average Bonchev–Trinajstić information content (AvgIpc) is 2.55. The van der Waals surface area contributed by atoms with E-state index >= 15 is 0 Å². The first-order valence-corrected chi connectivity index (χ1v) is 7.81. The number of benzene rings is 2. The van der Waals surface area contributed by atoms with Crippen LogP contribution in [0.3, 0.4) is 0 Å². The highest BCUT2D eigenvalue weighted by atomic mass is 35.5. The summed E-state index contributed by atoms with van der Waals surface area (Å²) >= 11 is 6.25. The molecule has 0 fully saturated rings. The van der Waals surface area contributed by atoms with E-state index in [0.29, 0.717) is 19.4 Å². The number of nitrogens with one attached hydrogen (secondary N) is 2. The molecule has 0 spiro atoms. The molecule has 0 radical (unpaired) electrons. The predicted molar refractivity (Wildman–Crippen MR) is 98.3 cm³/mol. The first-order valence-electron chi connectivity index (χ1n) is 7.43. The van der Waals surface area contributed by atoms with Gasteiger partial charge in [-0.05, 0) is 30.7 Å². The van der Waals surface area contributed by atoms with E-state index < -0.39 is 0 Å². The molecule has 0 bridgehead atoms. The summed E-state index contributed by atoms with van der Waals surface area (Å²) < 4.78 is 0. The van der Waals surface area contributed by atoms with Crippen LogP contribution in [-0.4, -0.2) is 19.5 Å². The fraction of sp³-hybridized carbons (Fsp3) is 0.278. The van der Waals surface area contributed by atoms with Gasteiger partial charge >= 0.3 is 0 Å². The number of hydrogen-bond donors (Lipinski definition) is 2. The van der Waals surface area contributed by atoms with Crippen molar-refractivity contribution in [3.8, 4) is 0 Å². The van der Waals surface area contributed by atoms with Crippen molar-refractivity contribution in [3.05, 3.63) is 70.7 Å². The molecule has 5 heteroatoms. The zero-order chi connectivity index (χ0) is 15.8. The van der Waals surface area contributed by atoms with Crippen molar-refractivity contribution in [2.24, 2.45) is 0 Å². The van der Waals surface area contributed by atoms with Crippen LogP contribution < -0.4 is 10.6 Å². The van der Waals surface area contributed by atoms with Crippen LogP contribution in [0.15, 0.2) is 54.6 Å². The van der Waals surface area contributed by atoms with Crippen molar-refractivity contribution >= 4 is 29.9 Å². The molecule has 124 valence electrons. The Labute approximate surface area is 148 Å². The lowest BCUT2D eigenvalue weighted by Crippen LogP contribution is -2.31. The maximum Gasteiger partial charge on any atom is 0.221 e. The van der Waals surface area contributed by atoms with Gasteiger partial charge in [0.1, 0.15) is 0 Å². The molecular weight excluding hydrogens is 331 g/mol. The standard InChI is InChI=1S/C18H21ClN2O.ClH/c1-20-12-11-18(22)21-17(14-7-3-2-4-8-14)13-15-9-5-6-10-16(15)19;/h2-10,17,20H,11-13H2,1H3,(H,21,22);1H. The molecule has 2 aromatic carbocycles. The van der Waals surface area contributed by atoms with Crippen molar-refractivity contribution in [3.63, 3.8) is 0 Å². The molecule has 0 aliphatic rings. The second-order valence-corrected chi connectivity index (χ2v) is 5.59. The number of carbonyl (C=O) groups excluding carboxylic acids is 1. The Balaban J connectivity index is 0.00000264. The summed E-state index contributed by atoms with van der Waals surface area (Å²) in [6.07, 6.45) is 1.14. The van der Waals surface area contributed by atoms with E-state index in [4.69, 9.17) is 11.6 Å². The van der Waals surface area contributed by atoms with E-state index in [1.54, 1.807) is 0 Å². The molecule has 0 aromatic heterocycles. The Bertz CT molecular complexity index is 605. The first kappa shape index (κ1) is 19.5. The molecule has 23 heavy (non-hydrogen) atoms. The molecule has 2 rings (SSSR count). The fourth-order valence-corrected chi connectivity index (χ4v) is 2.54. The van der Waals surface area contributed by atoms with Gasteiger partial charge in [0.25, 0.3) is 0 Å². The molecule has 2 aromatic rings. The van der Waals surface area contributed by atoms with E-state index in [-0.39, 0.29) is 24.4 Å². The van der Waals surface area contributed by atoms with Gasteiger partial charge < -0.3 is 10.6 Å². The number of halogens is 2. The highest BCUT2D eigenvalue weighted by Crippen LogP contribution is 2.23. The fourth-order valence-electron chi connectivity index (χ4n) is 2.33. The van der Waals surface area contributed by atoms with Gasteiger partial charge in [-0.3, -0.25) is 4.79 Å². The van der Waals surface area contributed by atoms with E-state index in [1.807, 2.05) is 61.6 Å². The third kappa shape index (κ3) is 6.22. The van der Waals surface area contributed by atoms with Gasteiger partial charge in [-0.15, -0.1) is 12.4 Å². The summed E-state index contributed by atoms with van der Waals surface area (Å²) in [6, 6.07) is 17.7. The van der Waals surface area contributed by atoms with Crippen LogP contribution >= 0.6 is 24.0 Å². The topological polar surface area (TPSA) is 41.1 Å². The smallest absolute Gasteiger partial charge is 0.221 e. The van der Waals surface area contributed by atoms with Crippen LogP contribution in [0.2, 0.25) is 5.02 Å². The molecule has 1 atom stereocenters. The Morgan fingerprint density at radius 1 is 1.09 bits per heavy atom. The predicted octanol–water partition coefficient (Wildman–Crippen LogP) is 3.77. The second kappa shape index (κ2) is 10.3. The van der Waals surface area contributed by atoms with Gasteiger partial charge in [-0.1, -0.05) is 60.1 Å². The average molecular weight is 353 g/mol. The quantitative estimate of drug-likeness (QED) is 0.796. The zero-order valence-corrected chi connectivity index (χ0v) is 14.7. The van der Waals surface area contributed by atoms with Crippen molar-refractivity contribution in [2.45, 2.75) is 18.9 Å². The lowest BCUT2D eigenvalue weighted by atomic mass is 9.98. The Morgan fingerprint density at radius 3 is 2.39 bits per heavy atom. The SMILES string of the molecule is CNCCC(=O)NC(Cc1ccccc1Cl)c1ccccc1.Cl. The lowest BCUT2D eigenvalue weighted by molar-refractivity contribution is -0.121. The van der Waals surface area contributed by atoms with Gasteiger partial charge in [0.15, 0.2) is 0 Å². The van der Waals surface area contributed by atoms with Crippen molar-refractivity contribution in [1.29, 1.82) is 0 Å². The minimum absolute atomic E-state index is 0. The summed E-state index contributed by atoms with van der Waals surface area (Å²) in [4.78, 5) is 12.1. The maximum absolute atomic E-state index is 12.1. The Hall–Kier alpha value is -1.55. The Morgan fingerprint density at radius 2 is 1.74 bits per heavy atom. The molecule has 1 unspecified atom stereocenters. The van der Waals surface area contributed by atoms with Crippen molar-refractivity contribution < 1.29 is 4.79 Å². The molecular formula is C18H22Cl2N2O. The van der Waals surface area contributed by atoms with E-state index in [0.717, 1.165) is 16.1 Å². The molecule has 0 aliphatic heterocycles. The van der Waals surface area contributed by atoms with Gasteiger partial charge in [-0.25, -0.2) is 0 Å². The van der Waals surface area contributed by atoms with Gasteiger partial charge in [-0.2, -0.15) is 0 Å². The van der Waals surface area contributed by atoms with Gasteiger partial charge in [0.2, 0.25) is 5.91 Å². The number of amides is 1. The third-order valence-electron chi connectivity index (χ3n) is 3.52. The molecule has 3 nitrogen and oxygen atoms in total. The summed E-state index contributed by atoms with van der Waals surface area (Å²) in [6.45, 7) is 0.666. The van der Waals surface area contributed by atoms with Crippen LogP contribution in [0.4, 0.5) is 0 Å². The van der Waals surface area contributed by atoms with Gasteiger partial charge in [0, 0.05) is 18.0 Å². The summed E-state index contributed by atoms with van der Waals surface area (Å²) in [5.74, 6) is 0.0373. The molecule has 1 amide bonds. The molecule has 0 heterocycles. The lowest BCUT2D eigenvalue weighted by Gasteiger charge is -2.20. The first-order chi connectivity index (χ1) is 10.7. The minimum Gasteiger partial charge on any atom is -0.349 e. The van der Waals surface area contributed by atoms with Crippen LogP contribution in [-0.2, 0) is 11.2 Å². The summed E-state index contributed by atoms with van der Waals surface area (Å²) in [5.41, 5.74) is 2.12. The molecule has 0 aliphatic carbocycles. The highest BCUT2D eigenvalue weighted by Gasteiger charge is 2.16. The molecule has 0 saturated heterocycles. The van der Waals surface area contributed by atoms with E-state index in [9.17, 15) is 4.79 Å². The van der Waals surface area contributed by atoms with Crippen LogP contribution in [0.1, 0.15) is 23.6 Å². The van der Waals surface area contributed by atoms with Crippen molar-refractivity contribution in [1.82, 2.24) is 10.6 Å². The normalized spacial score (nSPS) is 11.4. The van der Waals surface area contributed by atoms with Crippen molar-refractivity contribution in [2.75, 3.05) is 13.6 Å². The highest BCUT2D eigenvalue weighted by molar-refractivity contribution is 6.31. The summed E-state index contributed by atoms with van der Waals surface area (Å²) in [5, 5.41) is 6.82. The third-order valence-corrected chi connectivity index (χ3v) is 3.89. The molecule has 2 N–H and O–H groups in total. The van der Waals surface area contributed by atoms with E-state index in [2.05, 4.69) is 10.6 Å². The van der Waals surface area contributed by atoms with Crippen LogP contribution in [0, 0.1) is 0 Å². The number of carbonyl (C=O) groups is 1. The van der Waals surface area contributed by atoms with Gasteiger partial charge in [0.05, 0.1) is 6.04 Å². The summed E-state index contributed by atoms with van der Waals surface area (Å²) in [7, 11) is 1.84. The minimum atomic E-state index is -0.0783. The number of hydrogen-bond acceptors (Lipinski definition) is 2. The van der Waals surface area contributed by atoms with Crippen LogP contribution in [0.5, 0.6) is 0 Å². The monoisotopic (exact) mass is 352 g/mol.